The molecule has 39 heavy (non-hydrogen) atoms. The quantitative estimate of drug-likeness (QED) is 0.306. The number of anilines is 1. The highest BCUT2D eigenvalue weighted by atomic mass is 32.1. The number of nitrogens with zero attached hydrogens (tertiary/aromatic N) is 3. The number of benzene rings is 1. The zero-order chi connectivity index (χ0) is 28.5. The largest absolute Gasteiger partial charge is 0.444 e. The maximum absolute atomic E-state index is 13.9. The van der Waals surface area contributed by atoms with Gasteiger partial charge in [-0.2, -0.15) is 0 Å². The van der Waals surface area contributed by atoms with Crippen molar-refractivity contribution in [2.45, 2.75) is 92.0 Å². The minimum absolute atomic E-state index is 0.0533. The van der Waals surface area contributed by atoms with Crippen molar-refractivity contribution in [2.75, 3.05) is 18.4 Å². The monoisotopic (exact) mass is 574 g/mol. The summed E-state index contributed by atoms with van der Waals surface area (Å²) in [5.74, 6) is -0.483. The third kappa shape index (κ3) is 6.96. The Balaban J connectivity index is 1.60. The predicted octanol–water partition coefficient (Wildman–Crippen LogP) is 7.29. The summed E-state index contributed by atoms with van der Waals surface area (Å²) in [7, 11) is 0. The summed E-state index contributed by atoms with van der Waals surface area (Å²) in [6, 6.07) is 5.02. The highest BCUT2D eigenvalue weighted by Crippen LogP contribution is 2.46. The van der Waals surface area contributed by atoms with Gasteiger partial charge in [0.25, 0.3) is 0 Å². The fraction of sp³-hybridized carbons (Fsp3) is 0.552. The van der Waals surface area contributed by atoms with Crippen molar-refractivity contribution in [1.29, 1.82) is 0 Å². The first kappa shape index (κ1) is 29.4. The van der Waals surface area contributed by atoms with E-state index >= 15 is 0 Å². The molecule has 1 aliphatic rings. The Morgan fingerprint density at radius 1 is 1.23 bits per heavy atom. The summed E-state index contributed by atoms with van der Waals surface area (Å²) < 4.78 is 20.4. The van der Waals surface area contributed by atoms with E-state index in [0.29, 0.717) is 11.6 Å². The molecule has 0 fully saturated rings. The number of thiophene rings is 1. The Morgan fingerprint density at radius 2 is 1.97 bits per heavy atom. The van der Waals surface area contributed by atoms with Gasteiger partial charge in [0.15, 0.2) is 0 Å². The van der Waals surface area contributed by atoms with Gasteiger partial charge in [-0.25, -0.2) is 14.2 Å². The maximum Gasteiger partial charge on any atom is 0.410 e. The summed E-state index contributed by atoms with van der Waals surface area (Å²) in [5.41, 5.74) is 2.16. The molecular weight excluding hydrogens is 535 g/mol. The van der Waals surface area contributed by atoms with Crippen molar-refractivity contribution in [3.8, 4) is 10.6 Å². The van der Waals surface area contributed by atoms with Crippen LogP contribution in [0.5, 0.6) is 0 Å². The normalized spacial score (nSPS) is 14.9. The van der Waals surface area contributed by atoms with Crippen molar-refractivity contribution in [1.82, 2.24) is 14.8 Å². The molecule has 212 valence electrons. The molecule has 0 bridgehead atoms. The molecule has 1 atom stereocenters. The van der Waals surface area contributed by atoms with E-state index in [-0.39, 0.29) is 30.7 Å². The lowest BCUT2D eigenvalue weighted by Gasteiger charge is -2.31. The second-order valence-corrected chi connectivity index (χ2v) is 13.5. The average molecular weight is 575 g/mol. The number of amides is 2. The third-order valence-electron chi connectivity index (χ3n) is 6.96. The van der Waals surface area contributed by atoms with E-state index in [9.17, 15) is 14.0 Å². The fourth-order valence-electron chi connectivity index (χ4n) is 4.63. The van der Waals surface area contributed by atoms with Crippen LogP contribution >= 0.6 is 22.7 Å². The lowest BCUT2D eigenvalue weighted by Crippen LogP contribution is -2.43. The van der Waals surface area contributed by atoms with Crippen LogP contribution in [0.2, 0.25) is 0 Å². The predicted molar refractivity (Wildman–Crippen MR) is 158 cm³/mol. The zero-order valence-corrected chi connectivity index (χ0v) is 25.5. The molecule has 10 heteroatoms. The maximum atomic E-state index is 13.9. The van der Waals surface area contributed by atoms with Crippen LogP contribution in [-0.2, 0) is 22.5 Å². The highest BCUT2D eigenvalue weighted by Gasteiger charge is 2.30. The standard InChI is InChI=1S/C29H39FN4O3S2/c1-8-18(4)34(28(36)37-29(5,6)7)14-12-24(35)32-27-25(20-11-13-33(17(2)3)16-23(20)39-27)26-31-21-15-19(30)9-10-22(21)38-26/h9-10,15,17-18H,8,11-14,16H2,1-7H3,(H,32,35). The summed E-state index contributed by atoms with van der Waals surface area (Å²) >= 11 is 3.11. The Hall–Kier alpha value is -2.56. The Labute approximate surface area is 238 Å². The lowest BCUT2D eigenvalue weighted by atomic mass is 10.0. The number of carbonyl (C=O) groups excluding carboxylic acids is 2. The SMILES string of the molecule is CCC(C)N(CCC(=O)Nc1sc2c(c1-c1nc3cc(F)ccc3s1)CCN(C(C)C)C2)C(=O)OC(C)(C)C. The van der Waals surface area contributed by atoms with Crippen molar-refractivity contribution in [3.63, 3.8) is 0 Å². The number of halogens is 1. The smallest absolute Gasteiger partial charge is 0.410 e. The molecule has 0 spiro atoms. The second-order valence-electron chi connectivity index (χ2n) is 11.4. The van der Waals surface area contributed by atoms with Crippen LogP contribution < -0.4 is 5.32 Å². The molecule has 1 aliphatic heterocycles. The summed E-state index contributed by atoms with van der Waals surface area (Å²) in [5, 5.41) is 4.69. The average Bonchev–Trinajstić information content (AvgIpc) is 3.42. The van der Waals surface area contributed by atoms with E-state index in [0.717, 1.165) is 46.2 Å². The first-order chi connectivity index (χ1) is 18.4. The van der Waals surface area contributed by atoms with Gasteiger partial charge in [0.05, 0.1) is 10.2 Å². The van der Waals surface area contributed by atoms with Gasteiger partial charge in [0.2, 0.25) is 5.91 Å². The zero-order valence-electron chi connectivity index (χ0n) is 23.9. The lowest BCUT2D eigenvalue weighted by molar-refractivity contribution is -0.116. The van der Waals surface area contributed by atoms with E-state index in [1.165, 1.54) is 33.9 Å². The molecule has 0 aliphatic carbocycles. The molecule has 1 N–H and O–H groups in total. The number of fused-ring (bicyclic) bond motifs is 2. The molecule has 4 rings (SSSR count). The van der Waals surface area contributed by atoms with Crippen molar-refractivity contribution < 1.29 is 18.7 Å². The van der Waals surface area contributed by atoms with Crippen LogP contribution in [0.1, 0.15) is 71.7 Å². The van der Waals surface area contributed by atoms with E-state index in [2.05, 4.69) is 24.1 Å². The Bertz CT molecular complexity index is 1340. The van der Waals surface area contributed by atoms with Gasteiger partial charge in [-0.05, 0) is 72.1 Å². The van der Waals surface area contributed by atoms with E-state index < -0.39 is 11.7 Å². The molecule has 3 heterocycles. The third-order valence-corrected chi connectivity index (χ3v) is 9.15. The van der Waals surface area contributed by atoms with E-state index in [1.807, 2.05) is 34.6 Å². The van der Waals surface area contributed by atoms with Gasteiger partial charge in [0, 0.05) is 54.6 Å². The minimum Gasteiger partial charge on any atom is -0.444 e. The molecule has 2 aromatic heterocycles. The Kier molecular flexibility index (Phi) is 8.98. The van der Waals surface area contributed by atoms with Crippen LogP contribution in [-0.4, -0.2) is 57.6 Å². The van der Waals surface area contributed by atoms with Crippen molar-refractivity contribution >= 4 is 49.9 Å². The van der Waals surface area contributed by atoms with Crippen LogP contribution in [0.4, 0.5) is 14.2 Å². The molecule has 0 saturated carbocycles. The highest BCUT2D eigenvalue weighted by molar-refractivity contribution is 7.22. The summed E-state index contributed by atoms with van der Waals surface area (Å²) in [6.45, 7) is 15.9. The number of ether oxygens (including phenoxy) is 1. The molecule has 1 aromatic carbocycles. The minimum atomic E-state index is -0.611. The fourth-order valence-corrected chi connectivity index (χ4v) is 7.01. The van der Waals surface area contributed by atoms with Gasteiger partial charge in [-0.3, -0.25) is 9.69 Å². The number of nitrogens with one attached hydrogen (secondary N) is 1. The molecule has 7 nitrogen and oxygen atoms in total. The molecule has 0 saturated heterocycles. The first-order valence-corrected chi connectivity index (χ1v) is 15.2. The van der Waals surface area contributed by atoms with Crippen LogP contribution in [0.25, 0.3) is 20.8 Å². The van der Waals surface area contributed by atoms with Gasteiger partial charge in [0.1, 0.15) is 21.4 Å². The van der Waals surface area contributed by atoms with Gasteiger partial charge in [-0.1, -0.05) is 6.92 Å². The first-order valence-electron chi connectivity index (χ1n) is 13.6. The molecule has 0 radical (unpaired) electrons. The van der Waals surface area contributed by atoms with E-state index in [1.54, 1.807) is 22.3 Å². The van der Waals surface area contributed by atoms with Gasteiger partial charge < -0.3 is 15.0 Å². The Morgan fingerprint density at radius 3 is 2.64 bits per heavy atom. The van der Waals surface area contributed by atoms with Gasteiger partial charge in [-0.15, -0.1) is 22.7 Å². The molecular formula is C29H39FN4O3S2. The molecule has 1 unspecified atom stereocenters. The number of carbonyl (C=O) groups is 2. The topological polar surface area (TPSA) is 74.8 Å². The van der Waals surface area contributed by atoms with Crippen molar-refractivity contribution in [3.05, 3.63) is 34.5 Å². The number of hydrogen-bond donors (Lipinski definition) is 1. The number of thiazole rings is 1. The number of aromatic nitrogens is 1. The number of rotatable bonds is 8. The van der Waals surface area contributed by atoms with Crippen LogP contribution in [0, 0.1) is 5.82 Å². The molecule has 2 amide bonds. The van der Waals surface area contributed by atoms with Gasteiger partial charge >= 0.3 is 6.09 Å². The molecule has 3 aromatic rings. The summed E-state index contributed by atoms with van der Waals surface area (Å²) in [6.07, 6.45) is 1.36. The summed E-state index contributed by atoms with van der Waals surface area (Å²) in [4.78, 5) is 36.1. The second kappa shape index (κ2) is 11.9. The van der Waals surface area contributed by atoms with E-state index in [4.69, 9.17) is 9.72 Å². The van der Waals surface area contributed by atoms with Crippen LogP contribution in [0.15, 0.2) is 18.2 Å². The number of hydrogen-bond acceptors (Lipinski definition) is 7. The van der Waals surface area contributed by atoms with Crippen molar-refractivity contribution in [2.24, 2.45) is 0 Å². The van der Waals surface area contributed by atoms with Crippen LogP contribution in [0.3, 0.4) is 0 Å².